The molecule has 0 aliphatic carbocycles. The highest BCUT2D eigenvalue weighted by atomic mass is 16.2. The molecule has 3 aromatic carbocycles. The summed E-state index contributed by atoms with van der Waals surface area (Å²) < 4.78 is 1.79. The number of hydrogen-bond acceptors (Lipinski definition) is 3. The molecule has 0 saturated carbocycles. The Morgan fingerprint density at radius 2 is 1.49 bits per heavy atom. The summed E-state index contributed by atoms with van der Waals surface area (Å²) in [5.41, 5.74) is 4.48. The smallest absolute Gasteiger partial charge is 0.248 e. The molecule has 0 aliphatic heterocycles. The van der Waals surface area contributed by atoms with Crippen molar-refractivity contribution in [2.75, 3.05) is 5.32 Å². The van der Waals surface area contributed by atoms with Gasteiger partial charge in [-0.15, -0.1) is 0 Å². The average Bonchev–Trinajstić information content (AvgIpc) is 3.34. The first-order valence-corrected chi connectivity index (χ1v) is 13.5. The number of nitrogens with one attached hydrogen (secondary N) is 2. The van der Waals surface area contributed by atoms with Gasteiger partial charge in [0.25, 0.3) is 0 Å². The van der Waals surface area contributed by atoms with Gasteiger partial charge in [0.1, 0.15) is 11.9 Å². The van der Waals surface area contributed by atoms with Gasteiger partial charge < -0.3 is 10.6 Å². The van der Waals surface area contributed by atoms with E-state index in [9.17, 15) is 9.59 Å². The third-order valence-electron chi connectivity index (χ3n) is 6.92. The lowest BCUT2D eigenvalue weighted by Gasteiger charge is -2.22. The van der Waals surface area contributed by atoms with Crippen LogP contribution < -0.4 is 10.6 Å². The van der Waals surface area contributed by atoms with E-state index in [2.05, 4.69) is 31.4 Å². The third-order valence-corrected chi connectivity index (χ3v) is 6.92. The van der Waals surface area contributed by atoms with E-state index in [1.54, 1.807) is 4.68 Å². The molecule has 2 amide bonds. The Morgan fingerprint density at radius 3 is 2.10 bits per heavy atom. The van der Waals surface area contributed by atoms with Crippen molar-refractivity contribution in [1.82, 2.24) is 15.1 Å². The van der Waals surface area contributed by atoms with Crippen LogP contribution in [0.5, 0.6) is 0 Å². The van der Waals surface area contributed by atoms with E-state index >= 15 is 0 Å². The Morgan fingerprint density at radius 1 is 0.872 bits per heavy atom. The van der Waals surface area contributed by atoms with Crippen LogP contribution in [0.4, 0.5) is 5.82 Å². The molecular formula is C33H38N4O2. The Kier molecular flexibility index (Phi) is 8.65. The highest BCUT2D eigenvalue weighted by Crippen LogP contribution is 2.28. The fourth-order valence-electron chi connectivity index (χ4n) is 4.62. The van der Waals surface area contributed by atoms with Crippen molar-refractivity contribution in [3.05, 3.63) is 113 Å². The number of nitrogens with zero attached hydrogens (tertiary/aromatic N) is 2. The minimum absolute atomic E-state index is 0.164. The van der Waals surface area contributed by atoms with Crippen molar-refractivity contribution in [2.45, 2.75) is 64.8 Å². The molecule has 0 fully saturated rings. The molecule has 0 saturated heterocycles. The zero-order chi connectivity index (χ0) is 28.0. The van der Waals surface area contributed by atoms with Crippen LogP contribution >= 0.6 is 0 Å². The van der Waals surface area contributed by atoms with Crippen LogP contribution in [0.25, 0.3) is 5.69 Å². The number of rotatable bonds is 9. The number of anilines is 1. The van der Waals surface area contributed by atoms with Gasteiger partial charge in [-0.2, -0.15) is 5.10 Å². The molecule has 2 unspecified atom stereocenters. The first kappa shape index (κ1) is 27.8. The number of carbonyl (C=O) groups is 2. The van der Waals surface area contributed by atoms with Gasteiger partial charge in [-0.3, -0.25) is 9.59 Å². The molecule has 0 spiro atoms. The van der Waals surface area contributed by atoms with Gasteiger partial charge in [0.2, 0.25) is 11.8 Å². The number of aromatic nitrogens is 2. The van der Waals surface area contributed by atoms with Crippen LogP contribution in [-0.4, -0.2) is 27.6 Å². The van der Waals surface area contributed by atoms with Gasteiger partial charge in [0.05, 0.1) is 17.3 Å². The summed E-state index contributed by atoms with van der Waals surface area (Å²) in [5.74, 6) is -0.225. The maximum atomic E-state index is 13.9. The molecule has 1 heterocycles. The van der Waals surface area contributed by atoms with Crippen molar-refractivity contribution in [1.29, 1.82) is 0 Å². The summed E-state index contributed by atoms with van der Waals surface area (Å²) in [6, 6.07) is 28.5. The molecule has 2 atom stereocenters. The van der Waals surface area contributed by atoms with E-state index in [4.69, 9.17) is 5.10 Å². The normalized spacial score (nSPS) is 12.9. The summed E-state index contributed by atoms with van der Waals surface area (Å²) in [5, 5.41) is 11.0. The van der Waals surface area contributed by atoms with Crippen molar-refractivity contribution < 1.29 is 9.59 Å². The average molecular weight is 523 g/mol. The molecule has 2 N–H and O–H groups in total. The number of amides is 2. The molecular weight excluding hydrogens is 484 g/mol. The summed E-state index contributed by atoms with van der Waals surface area (Å²) in [6.07, 6.45) is 0.999. The molecule has 1 aromatic heterocycles. The van der Waals surface area contributed by atoms with E-state index in [0.29, 0.717) is 18.7 Å². The van der Waals surface area contributed by atoms with Crippen LogP contribution in [0.15, 0.2) is 91.0 Å². The van der Waals surface area contributed by atoms with Crippen LogP contribution in [0.2, 0.25) is 0 Å². The number of benzene rings is 3. The fourth-order valence-corrected chi connectivity index (χ4v) is 4.62. The number of aryl methyl sites for hydroxylation is 1. The van der Waals surface area contributed by atoms with Gasteiger partial charge in [0.15, 0.2) is 0 Å². The molecule has 4 rings (SSSR count). The minimum atomic E-state index is -0.768. The SMILES string of the molecule is CCC(C(=O)NC(Cc1ccccc1)C(=O)Nc1cc(C(C)(C)C)nn1-c1ccccc1C)c1ccccc1. The van der Waals surface area contributed by atoms with E-state index in [-0.39, 0.29) is 23.1 Å². The quantitative estimate of drug-likeness (QED) is 0.269. The maximum Gasteiger partial charge on any atom is 0.248 e. The van der Waals surface area contributed by atoms with Gasteiger partial charge in [-0.1, -0.05) is 107 Å². The van der Waals surface area contributed by atoms with Gasteiger partial charge in [0, 0.05) is 17.9 Å². The molecule has 6 heteroatoms. The fraction of sp³-hybridized carbons (Fsp3) is 0.303. The van der Waals surface area contributed by atoms with E-state index in [1.165, 1.54) is 0 Å². The molecule has 4 aromatic rings. The van der Waals surface area contributed by atoms with Crippen LogP contribution in [0.3, 0.4) is 0 Å². The lowest BCUT2D eigenvalue weighted by molar-refractivity contribution is -0.127. The maximum absolute atomic E-state index is 13.9. The largest absolute Gasteiger partial charge is 0.343 e. The van der Waals surface area contributed by atoms with Crippen LogP contribution in [0, 0.1) is 6.92 Å². The first-order valence-electron chi connectivity index (χ1n) is 13.5. The predicted molar refractivity (Wildman–Crippen MR) is 157 cm³/mol. The molecule has 0 bridgehead atoms. The van der Waals surface area contributed by atoms with Crippen molar-refractivity contribution in [3.8, 4) is 5.69 Å². The van der Waals surface area contributed by atoms with Crippen molar-refractivity contribution in [2.24, 2.45) is 0 Å². The molecule has 39 heavy (non-hydrogen) atoms. The Bertz CT molecular complexity index is 1400. The lowest BCUT2D eigenvalue weighted by atomic mass is 9.92. The number of para-hydroxylation sites is 1. The molecule has 0 radical (unpaired) electrons. The molecule has 6 nitrogen and oxygen atoms in total. The minimum Gasteiger partial charge on any atom is -0.343 e. The second kappa shape index (κ2) is 12.1. The van der Waals surface area contributed by atoms with Crippen molar-refractivity contribution in [3.63, 3.8) is 0 Å². The van der Waals surface area contributed by atoms with E-state index < -0.39 is 6.04 Å². The highest BCUT2D eigenvalue weighted by molar-refractivity contribution is 5.98. The Labute approximate surface area is 231 Å². The zero-order valence-corrected chi connectivity index (χ0v) is 23.4. The zero-order valence-electron chi connectivity index (χ0n) is 23.4. The summed E-state index contributed by atoms with van der Waals surface area (Å²) in [4.78, 5) is 27.4. The lowest BCUT2D eigenvalue weighted by Crippen LogP contribution is -2.47. The molecule has 0 aliphatic rings. The Balaban J connectivity index is 1.66. The standard InChI is InChI=1S/C33H38N4O2/c1-6-26(25-18-11-8-12-19-25)31(38)34-27(21-24-16-9-7-10-17-24)32(39)35-30-22-29(33(3,4)5)36-37(30)28-20-14-13-15-23(28)2/h7-20,22,26-27H,6,21H2,1-5H3,(H,34,38)(H,35,39). The van der Waals surface area contributed by atoms with Gasteiger partial charge in [-0.05, 0) is 36.1 Å². The first-order chi connectivity index (χ1) is 18.7. The monoisotopic (exact) mass is 522 g/mol. The van der Waals surface area contributed by atoms with Gasteiger partial charge in [-0.25, -0.2) is 4.68 Å². The summed E-state index contributed by atoms with van der Waals surface area (Å²) >= 11 is 0. The van der Waals surface area contributed by atoms with Crippen LogP contribution in [-0.2, 0) is 21.4 Å². The molecule has 202 valence electrons. The van der Waals surface area contributed by atoms with Gasteiger partial charge >= 0.3 is 0 Å². The topological polar surface area (TPSA) is 76.0 Å². The van der Waals surface area contributed by atoms with E-state index in [1.807, 2.05) is 105 Å². The third kappa shape index (κ3) is 6.82. The number of hydrogen-bond donors (Lipinski definition) is 2. The van der Waals surface area contributed by atoms with Crippen molar-refractivity contribution >= 4 is 17.6 Å². The summed E-state index contributed by atoms with van der Waals surface area (Å²) in [7, 11) is 0. The second-order valence-electron chi connectivity index (χ2n) is 11.0. The second-order valence-corrected chi connectivity index (χ2v) is 11.0. The van der Waals surface area contributed by atoms with E-state index in [0.717, 1.165) is 28.1 Å². The van der Waals surface area contributed by atoms with Crippen LogP contribution in [0.1, 0.15) is 62.4 Å². The predicted octanol–water partition coefficient (Wildman–Crippen LogP) is 6.34. The number of carbonyl (C=O) groups excluding carboxylic acids is 2. The highest BCUT2D eigenvalue weighted by Gasteiger charge is 2.28. The Hall–Kier alpha value is -4.19. The summed E-state index contributed by atoms with van der Waals surface area (Å²) in [6.45, 7) is 10.3.